The van der Waals surface area contributed by atoms with E-state index in [1.54, 1.807) is 6.08 Å². The predicted molar refractivity (Wildman–Crippen MR) is 116 cm³/mol. The SMILES string of the molecule is Cc1[nH]c2ccccc2c1/C=C(/C#N)C(=O)Nc1nnc(N2CCC(C)CC2)s1. The number of benzene rings is 1. The van der Waals surface area contributed by atoms with Crippen LogP contribution in [0.1, 0.15) is 31.0 Å². The molecular formula is C21H22N6OS. The number of amides is 1. The maximum absolute atomic E-state index is 12.7. The molecule has 0 atom stereocenters. The molecule has 2 N–H and O–H groups in total. The molecule has 0 unspecified atom stereocenters. The number of carbonyl (C=O) groups excluding carboxylic acids is 1. The second-order valence-electron chi connectivity index (χ2n) is 7.39. The molecule has 1 saturated heterocycles. The number of piperidine rings is 1. The van der Waals surface area contributed by atoms with Crippen LogP contribution in [0.2, 0.25) is 0 Å². The lowest BCUT2D eigenvalue weighted by molar-refractivity contribution is -0.112. The van der Waals surface area contributed by atoms with Gasteiger partial charge < -0.3 is 9.88 Å². The number of rotatable bonds is 4. The van der Waals surface area contributed by atoms with E-state index in [2.05, 4.69) is 32.3 Å². The molecule has 0 radical (unpaired) electrons. The maximum Gasteiger partial charge on any atom is 0.268 e. The minimum atomic E-state index is -0.479. The summed E-state index contributed by atoms with van der Waals surface area (Å²) < 4.78 is 0. The molecule has 0 saturated carbocycles. The molecule has 7 nitrogen and oxygen atoms in total. The first-order chi connectivity index (χ1) is 14.0. The number of nitrogens with one attached hydrogen (secondary N) is 2. The van der Waals surface area contributed by atoms with Crippen LogP contribution in [0.25, 0.3) is 17.0 Å². The number of aryl methyl sites for hydroxylation is 1. The van der Waals surface area contributed by atoms with E-state index in [4.69, 9.17) is 0 Å². The van der Waals surface area contributed by atoms with Crippen LogP contribution in [-0.2, 0) is 4.79 Å². The smallest absolute Gasteiger partial charge is 0.268 e. The van der Waals surface area contributed by atoms with Crippen molar-refractivity contribution in [1.82, 2.24) is 15.2 Å². The fourth-order valence-electron chi connectivity index (χ4n) is 3.54. The number of aromatic nitrogens is 3. The van der Waals surface area contributed by atoms with Crippen molar-refractivity contribution >= 4 is 44.5 Å². The average Bonchev–Trinajstić information content (AvgIpc) is 3.30. The minimum absolute atomic E-state index is 0.0291. The molecule has 1 fully saturated rings. The van der Waals surface area contributed by atoms with Gasteiger partial charge in [0, 0.05) is 35.2 Å². The van der Waals surface area contributed by atoms with E-state index < -0.39 is 5.91 Å². The summed E-state index contributed by atoms with van der Waals surface area (Å²) in [7, 11) is 0. The van der Waals surface area contributed by atoms with Gasteiger partial charge in [0.15, 0.2) is 0 Å². The first kappa shape index (κ1) is 19.2. The zero-order chi connectivity index (χ0) is 20.4. The highest BCUT2D eigenvalue weighted by Gasteiger charge is 2.20. The van der Waals surface area contributed by atoms with Gasteiger partial charge in [0.05, 0.1) is 0 Å². The van der Waals surface area contributed by atoms with Crippen LogP contribution in [0, 0.1) is 24.2 Å². The van der Waals surface area contributed by atoms with E-state index >= 15 is 0 Å². The summed E-state index contributed by atoms with van der Waals surface area (Å²) in [6.45, 7) is 6.09. The van der Waals surface area contributed by atoms with E-state index in [1.165, 1.54) is 11.3 Å². The molecule has 0 spiro atoms. The largest absolute Gasteiger partial charge is 0.358 e. The van der Waals surface area contributed by atoms with Crippen LogP contribution in [0.5, 0.6) is 0 Å². The van der Waals surface area contributed by atoms with Crippen LogP contribution >= 0.6 is 11.3 Å². The number of fused-ring (bicyclic) bond motifs is 1. The molecule has 148 valence electrons. The second-order valence-corrected chi connectivity index (χ2v) is 8.35. The van der Waals surface area contributed by atoms with Crippen molar-refractivity contribution in [3.05, 3.63) is 41.1 Å². The fourth-order valence-corrected chi connectivity index (χ4v) is 4.33. The van der Waals surface area contributed by atoms with Gasteiger partial charge in [-0.1, -0.05) is 36.5 Å². The normalized spacial score (nSPS) is 15.5. The van der Waals surface area contributed by atoms with E-state index in [0.29, 0.717) is 5.13 Å². The third-order valence-electron chi connectivity index (χ3n) is 5.29. The first-order valence-electron chi connectivity index (χ1n) is 9.64. The molecule has 8 heteroatoms. The number of nitriles is 1. The van der Waals surface area contributed by atoms with Gasteiger partial charge in [-0.3, -0.25) is 10.1 Å². The average molecular weight is 407 g/mol. The monoisotopic (exact) mass is 406 g/mol. The highest BCUT2D eigenvalue weighted by Crippen LogP contribution is 2.29. The number of para-hydroxylation sites is 1. The topological polar surface area (TPSA) is 97.7 Å². The summed E-state index contributed by atoms with van der Waals surface area (Å²) in [5, 5.41) is 22.7. The lowest BCUT2D eigenvalue weighted by Gasteiger charge is -2.29. The molecule has 1 aromatic carbocycles. The molecular weight excluding hydrogens is 384 g/mol. The number of hydrogen-bond donors (Lipinski definition) is 2. The van der Waals surface area contributed by atoms with Gasteiger partial charge in [-0.05, 0) is 37.8 Å². The third-order valence-corrected chi connectivity index (χ3v) is 6.19. The summed E-state index contributed by atoms with van der Waals surface area (Å²) in [5.74, 6) is 0.252. The van der Waals surface area contributed by atoms with Crippen molar-refractivity contribution in [2.45, 2.75) is 26.7 Å². The summed E-state index contributed by atoms with van der Waals surface area (Å²) >= 11 is 1.34. The van der Waals surface area contributed by atoms with Gasteiger partial charge >= 0.3 is 0 Å². The number of H-pyrrole nitrogens is 1. The van der Waals surface area contributed by atoms with Gasteiger partial charge in [-0.2, -0.15) is 5.26 Å². The zero-order valence-corrected chi connectivity index (χ0v) is 17.2. The second kappa shape index (κ2) is 8.05. The summed E-state index contributed by atoms with van der Waals surface area (Å²) in [6.07, 6.45) is 3.89. The molecule has 2 aromatic heterocycles. The first-order valence-corrected chi connectivity index (χ1v) is 10.5. The van der Waals surface area contributed by atoms with Crippen LogP contribution in [0.4, 0.5) is 10.3 Å². The van der Waals surface area contributed by atoms with E-state index in [-0.39, 0.29) is 5.57 Å². The van der Waals surface area contributed by atoms with Crippen LogP contribution in [-0.4, -0.2) is 34.2 Å². The predicted octanol–water partition coefficient (Wildman–Crippen LogP) is 4.11. The Morgan fingerprint density at radius 3 is 2.86 bits per heavy atom. The summed E-state index contributed by atoms with van der Waals surface area (Å²) in [5.41, 5.74) is 2.75. The van der Waals surface area contributed by atoms with Gasteiger partial charge in [-0.15, -0.1) is 10.2 Å². The van der Waals surface area contributed by atoms with Crippen LogP contribution in [0.15, 0.2) is 29.8 Å². The lowest BCUT2D eigenvalue weighted by Crippen LogP contribution is -2.32. The van der Waals surface area contributed by atoms with Crippen LogP contribution in [0.3, 0.4) is 0 Å². The third kappa shape index (κ3) is 4.00. The molecule has 4 rings (SSSR count). The number of aromatic amines is 1. The van der Waals surface area contributed by atoms with Crippen molar-refractivity contribution in [3.8, 4) is 6.07 Å². The van der Waals surface area contributed by atoms with Gasteiger partial charge in [0.2, 0.25) is 10.3 Å². The van der Waals surface area contributed by atoms with E-state index in [0.717, 1.165) is 59.1 Å². The number of carbonyl (C=O) groups is 1. The quantitative estimate of drug-likeness (QED) is 0.502. The van der Waals surface area contributed by atoms with Gasteiger partial charge in [-0.25, -0.2) is 0 Å². The molecule has 3 aromatic rings. The Bertz CT molecular complexity index is 1110. The molecule has 3 heterocycles. The molecule has 1 aliphatic heterocycles. The fraction of sp³-hybridized carbons (Fsp3) is 0.333. The maximum atomic E-state index is 12.7. The summed E-state index contributed by atoms with van der Waals surface area (Å²) in [6, 6.07) is 9.82. The Morgan fingerprint density at radius 1 is 1.34 bits per heavy atom. The van der Waals surface area contributed by atoms with Gasteiger partial charge in [0.25, 0.3) is 5.91 Å². The highest BCUT2D eigenvalue weighted by atomic mass is 32.1. The number of nitrogens with zero attached hydrogens (tertiary/aromatic N) is 4. The Labute approximate surface area is 173 Å². The Balaban J connectivity index is 1.52. The number of anilines is 2. The molecule has 29 heavy (non-hydrogen) atoms. The van der Waals surface area contributed by atoms with E-state index in [1.807, 2.05) is 37.3 Å². The molecule has 0 bridgehead atoms. The van der Waals surface area contributed by atoms with E-state index in [9.17, 15) is 10.1 Å². The van der Waals surface area contributed by atoms with Crippen molar-refractivity contribution < 1.29 is 4.79 Å². The lowest BCUT2D eigenvalue weighted by atomic mass is 10.00. The van der Waals surface area contributed by atoms with Crippen molar-refractivity contribution in [3.63, 3.8) is 0 Å². The molecule has 1 amide bonds. The standard InChI is InChI=1S/C21H22N6OS/c1-13-7-9-27(10-8-13)21-26-25-20(29-21)24-19(28)15(12-22)11-17-14(2)23-18-6-4-3-5-16(17)18/h3-6,11,13,23H,7-10H2,1-2H3,(H,24,25,28)/b15-11-. The highest BCUT2D eigenvalue weighted by molar-refractivity contribution is 7.19. The Kier molecular flexibility index (Phi) is 5.32. The van der Waals surface area contributed by atoms with Crippen LogP contribution < -0.4 is 10.2 Å². The Morgan fingerprint density at radius 2 is 2.10 bits per heavy atom. The minimum Gasteiger partial charge on any atom is -0.358 e. The van der Waals surface area contributed by atoms with Crippen molar-refractivity contribution in [1.29, 1.82) is 5.26 Å². The Hall–Kier alpha value is -3.18. The van der Waals surface area contributed by atoms with Crippen molar-refractivity contribution in [2.75, 3.05) is 23.3 Å². The molecule has 0 aliphatic carbocycles. The van der Waals surface area contributed by atoms with Gasteiger partial charge in [0.1, 0.15) is 11.6 Å². The zero-order valence-electron chi connectivity index (χ0n) is 16.4. The molecule has 1 aliphatic rings. The summed E-state index contributed by atoms with van der Waals surface area (Å²) in [4.78, 5) is 18.1. The van der Waals surface area contributed by atoms with Crippen molar-refractivity contribution in [2.24, 2.45) is 5.92 Å². The number of hydrogen-bond acceptors (Lipinski definition) is 6.